The van der Waals surface area contributed by atoms with Crippen molar-refractivity contribution in [1.82, 2.24) is 10.2 Å². The Kier molecular flexibility index (Phi) is 1.62. The first-order valence-electron chi connectivity index (χ1n) is 6.69. The van der Waals surface area contributed by atoms with Gasteiger partial charge in [-0.2, -0.15) is 0 Å². The molecule has 21 heavy (non-hydrogen) atoms. The molecule has 6 nitrogen and oxygen atoms in total. The lowest BCUT2D eigenvalue weighted by molar-refractivity contribution is -0.136. The zero-order chi connectivity index (χ0) is 14.4. The summed E-state index contributed by atoms with van der Waals surface area (Å²) in [6.45, 7) is 0. The molecule has 6 rings (SSSR count). The maximum atomic E-state index is 12.7. The first-order chi connectivity index (χ1) is 10.1. The average molecular weight is 279 g/mol. The molecule has 0 saturated heterocycles. The van der Waals surface area contributed by atoms with E-state index in [-0.39, 0.29) is 5.91 Å². The van der Waals surface area contributed by atoms with Gasteiger partial charge in [-0.3, -0.25) is 24.7 Å². The van der Waals surface area contributed by atoms with Crippen molar-refractivity contribution in [2.45, 2.75) is 12.0 Å². The van der Waals surface area contributed by atoms with Crippen molar-refractivity contribution in [3.05, 3.63) is 46.8 Å². The highest BCUT2D eigenvalue weighted by molar-refractivity contribution is 6.25. The van der Waals surface area contributed by atoms with Crippen molar-refractivity contribution < 1.29 is 14.4 Å². The molecule has 4 bridgehead atoms. The molecule has 0 saturated carbocycles. The molecule has 5 aliphatic heterocycles. The van der Waals surface area contributed by atoms with E-state index in [1.807, 2.05) is 6.08 Å². The molecule has 6 heteroatoms. The molecule has 102 valence electrons. The van der Waals surface area contributed by atoms with E-state index in [1.54, 1.807) is 29.6 Å². The van der Waals surface area contributed by atoms with Crippen LogP contribution in [0.4, 0.5) is 0 Å². The van der Waals surface area contributed by atoms with Gasteiger partial charge in [0, 0.05) is 30.6 Å². The molecule has 2 atom stereocenters. The summed E-state index contributed by atoms with van der Waals surface area (Å²) in [4.78, 5) is 42.8. The molecule has 0 fully saturated rings. The summed E-state index contributed by atoms with van der Waals surface area (Å²) in [5, 5.41) is 2.32. The van der Waals surface area contributed by atoms with Crippen LogP contribution in [0, 0.1) is 5.92 Å². The standard InChI is InChI=1S/C15H9N3O3/c19-12-10-9-1-2-15(11(10)13(20)17-12)8-3-7(4-16-5-8)6-18(15)14(9)21/h1-2,4-6,9H,3H2,(H,17,19,20). The molecular formula is C15H9N3O3. The third-order valence-corrected chi connectivity index (χ3v) is 4.72. The summed E-state index contributed by atoms with van der Waals surface area (Å²) >= 11 is 0. The lowest BCUT2D eigenvalue weighted by atomic mass is 9.65. The monoisotopic (exact) mass is 279 g/mol. The molecule has 0 aromatic carbocycles. The van der Waals surface area contributed by atoms with Crippen LogP contribution >= 0.6 is 0 Å². The van der Waals surface area contributed by atoms with Gasteiger partial charge in [-0.15, -0.1) is 0 Å². The number of aliphatic imine (C=N–C) groups is 1. The van der Waals surface area contributed by atoms with Crippen LogP contribution < -0.4 is 5.32 Å². The maximum Gasteiger partial charge on any atom is 0.257 e. The Morgan fingerprint density at radius 3 is 3.00 bits per heavy atom. The number of fused-ring (bicyclic) bond motifs is 2. The first-order valence-corrected chi connectivity index (χ1v) is 6.69. The summed E-state index contributed by atoms with van der Waals surface area (Å²) in [6, 6.07) is 0. The summed E-state index contributed by atoms with van der Waals surface area (Å²) in [5.74, 6) is -1.69. The van der Waals surface area contributed by atoms with Crippen LogP contribution in [0.3, 0.4) is 0 Å². The number of nitrogens with zero attached hydrogens (tertiary/aromatic N) is 2. The van der Waals surface area contributed by atoms with Gasteiger partial charge in [0.25, 0.3) is 11.8 Å². The minimum absolute atomic E-state index is 0.167. The van der Waals surface area contributed by atoms with E-state index in [9.17, 15) is 14.4 Å². The number of allylic oxidation sites excluding steroid dienone is 1. The molecule has 0 radical (unpaired) electrons. The van der Waals surface area contributed by atoms with Gasteiger partial charge in [-0.1, -0.05) is 12.2 Å². The number of amides is 3. The van der Waals surface area contributed by atoms with Gasteiger partial charge in [0.15, 0.2) is 0 Å². The van der Waals surface area contributed by atoms with Gasteiger partial charge in [0.2, 0.25) is 5.91 Å². The minimum atomic E-state index is -0.974. The van der Waals surface area contributed by atoms with Crippen LogP contribution in [-0.4, -0.2) is 34.4 Å². The third-order valence-electron chi connectivity index (χ3n) is 4.72. The molecular weight excluding hydrogens is 270 g/mol. The fourth-order valence-corrected chi connectivity index (χ4v) is 3.89. The van der Waals surface area contributed by atoms with E-state index >= 15 is 0 Å². The molecule has 2 unspecified atom stereocenters. The van der Waals surface area contributed by atoms with Crippen LogP contribution in [0.15, 0.2) is 51.8 Å². The minimum Gasteiger partial charge on any atom is -0.300 e. The number of carbonyl (C=O) groups is 3. The van der Waals surface area contributed by atoms with Gasteiger partial charge in [0.05, 0.1) is 11.5 Å². The Bertz CT molecular complexity index is 827. The number of rotatable bonds is 0. The lowest BCUT2D eigenvalue weighted by Gasteiger charge is -2.52. The average Bonchev–Trinajstić information content (AvgIpc) is 2.79. The number of hydrogen-bond acceptors (Lipinski definition) is 4. The molecule has 1 aliphatic carbocycles. The van der Waals surface area contributed by atoms with Crippen LogP contribution in [0.1, 0.15) is 6.42 Å². The smallest absolute Gasteiger partial charge is 0.257 e. The van der Waals surface area contributed by atoms with Gasteiger partial charge in [0.1, 0.15) is 5.54 Å². The van der Waals surface area contributed by atoms with Crippen molar-refractivity contribution in [3.8, 4) is 0 Å². The second-order valence-corrected chi connectivity index (χ2v) is 5.70. The number of imide groups is 1. The number of carbonyl (C=O) groups excluding carboxylic acids is 3. The third kappa shape index (κ3) is 1.00. The van der Waals surface area contributed by atoms with Crippen LogP contribution in [0.2, 0.25) is 0 Å². The van der Waals surface area contributed by atoms with Crippen molar-refractivity contribution in [2.75, 3.05) is 0 Å². The summed E-state index contributed by atoms with van der Waals surface area (Å²) in [6.07, 6.45) is 9.36. The van der Waals surface area contributed by atoms with Gasteiger partial charge < -0.3 is 4.90 Å². The van der Waals surface area contributed by atoms with Crippen LogP contribution in [0.25, 0.3) is 0 Å². The predicted octanol–water partition coefficient (Wildman–Crippen LogP) is -0.0377. The summed E-state index contributed by atoms with van der Waals surface area (Å²) in [7, 11) is 0. The molecule has 6 aliphatic rings. The van der Waals surface area contributed by atoms with E-state index in [4.69, 9.17) is 0 Å². The Hall–Kier alpha value is -2.76. The summed E-state index contributed by atoms with van der Waals surface area (Å²) in [5.41, 5.74) is 1.50. The van der Waals surface area contributed by atoms with Crippen molar-refractivity contribution in [2.24, 2.45) is 10.9 Å². The lowest BCUT2D eigenvalue weighted by Crippen LogP contribution is -2.61. The van der Waals surface area contributed by atoms with E-state index in [2.05, 4.69) is 10.3 Å². The van der Waals surface area contributed by atoms with Crippen LogP contribution in [-0.2, 0) is 14.4 Å². The van der Waals surface area contributed by atoms with E-state index < -0.39 is 23.3 Å². The fraction of sp³-hybridized carbons (Fsp3) is 0.200. The molecule has 0 aromatic rings. The number of hydrogen-bond donors (Lipinski definition) is 1. The highest BCUT2D eigenvalue weighted by Gasteiger charge is 2.61. The zero-order valence-electron chi connectivity index (χ0n) is 10.8. The van der Waals surface area contributed by atoms with Crippen molar-refractivity contribution in [3.63, 3.8) is 0 Å². The number of nitrogens with one attached hydrogen (secondary N) is 1. The highest BCUT2D eigenvalue weighted by Crippen LogP contribution is 2.52. The maximum absolute atomic E-state index is 12.7. The van der Waals surface area contributed by atoms with E-state index in [0.717, 1.165) is 11.1 Å². The molecule has 3 amide bonds. The van der Waals surface area contributed by atoms with Crippen LogP contribution in [0.5, 0.6) is 0 Å². The van der Waals surface area contributed by atoms with Crippen molar-refractivity contribution >= 4 is 23.9 Å². The van der Waals surface area contributed by atoms with Gasteiger partial charge in [-0.05, 0) is 11.1 Å². The molecule has 1 spiro atoms. The normalized spacial score (nSPS) is 34.8. The Morgan fingerprint density at radius 2 is 2.14 bits per heavy atom. The Balaban J connectivity index is 1.91. The van der Waals surface area contributed by atoms with Crippen molar-refractivity contribution in [1.29, 1.82) is 0 Å². The summed E-state index contributed by atoms with van der Waals surface area (Å²) < 4.78 is 0. The largest absolute Gasteiger partial charge is 0.300 e. The predicted molar refractivity (Wildman–Crippen MR) is 71.7 cm³/mol. The molecule has 1 N–H and O–H groups in total. The fourth-order valence-electron chi connectivity index (χ4n) is 3.89. The van der Waals surface area contributed by atoms with Gasteiger partial charge in [-0.25, -0.2) is 0 Å². The van der Waals surface area contributed by atoms with E-state index in [1.165, 1.54) is 0 Å². The second-order valence-electron chi connectivity index (χ2n) is 5.70. The molecule has 0 aromatic heterocycles. The first kappa shape index (κ1) is 11.0. The Labute approximate surface area is 119 Å². The topological polar surface area (TPSA) is 78.8 Å². The quantitative estimate of drug-likeness (QED) is 0.499. The van der Waals surface area contributed by atoms with E-state index in [0.29, 0.717) is 17.6 Å². The van der Waals surface area contributed by atoms with Gasteiger partial charge >= 0.3 is 0 Å². The Morgan fingerprint density at radius 1 is 1.29 bits per heavy atom. The molecule has 5 heterocycles. The second kappa shape index (κ2) is 3.11. The zero-order valence-corrected chi connectivity index (χ0v) is 10.8. The highest BCUT2D eigenvalue weighted by atomic mass is 16.2. The SMILES string of the molecule is O=C1NC(=O)C2=C1C1C=CC23C2=CN=CC(=CN3C1=O)C2.